The predicted octanol–water partition coefficient (Wildman–Crippen LogP) is 4.00. The lowest BCUT2D eigenvalue weighted by atomic mass is 9.97. The molecule has 7 rings (SSSR count). The number of aromatic nitrogens is 2. The Morgan fingerprint density at radius 2 is 1.76 bits per heavy atom. The summed E-state index contributed by atoms with van der Waals surface area (Å²) in [5, 5.41) is 6.65. The van der Waals surface area contributed by atoms with E-state index in [9.17, 15) is 14.4 Å². The minimum atomic E-state index is -2.98. The van der Waals surface area contributed by atoms with Gasteiger partial charge >= 0.3 is 0 Å². The number of aryl methyl sites for hydroxylation is 1. The van der Waals surface area contributed by atoms with Gasteiger partial charge < -0.3 is 19.5 Å². The molecule has 11 nitrogen and oxygen atoms in total. The van der Waals surface area contributed by atoms with Crippen molar-refractivity contribution in [1.29, 1.82) is 0 Å². The van der Waals surface area contributed by atoms with Crippen LogP contribution in [0.25, 0.3) is 21.9 Å². The number of rotatable bonds is 8. The number of piperidine rings is 2. The Morgan fingerprint density at radius 3 is 2.47 bits per heavy atom. The van der Waals surface area contributed by atoms with Gasteiger partial charge in [-0.25, -0.2) is 13.2 Å². The number of carbonyl (C=O) groups excluding carboxylic acids is 2. The van der Waals surface area contributed by atoms with E-state index in [1.54, 1.807) is 42.5 Å². The molecule has 2 aromatic carbocycles. The molecule has 0 spiro atoms. The van der Waals surface area contributed by atoms with Crippen LogP contribution in [-0.4, -0.2) is 95.5 Å². The summed E-state index contributed by atoms with van der Waals surface area (Å²) < 4.78 is 53.9. The Balaban J connectivity index is 0.967. The third-order valence-corrected chi connectivity index (χ3v) is 10.2. The van der Waals surface area contributed by atoms with E-state index in [2.05, 4.69) is 15.6 Å². The molecule has 0 aliphatic carbocycles. The van der Waals surface area contributed by atoms with Gasteiger partial charge in [-0.05, 0) is 48.6 Å². The highest BCUT2D eigenvalue weighted by atomic mass is 19.3. The number of hydrogen-bond acceptors (Lipinski definition) is 9. The SMILES string of the molecule is COc1cc(-c2cn(C)c(=O)c3ccccc23)cnc1CN1CCC(N2CCN(c3ccc(NC4CCC(=O)NC4=O)cc3F)CC2)C(F)(F)C1. The Morgan fingerprint density at radius 1 is 1.00 bits per heavy atom. The number of ether oxygens (including phenoxy) is 1. The average Bonchev–Trinajstić information content (AvgIpc) is 3.11. The minimum Gasteiger partial charge on any atom is -0.495 e. The third kappa shape index (κ3) is 7.02. The molecule has 4 aromatic rings. The molecule has 3 aliphatic heterocycles. The number of fused-ring (bicyclic) bond motifs is 1. The molecule has 3 saturated heterocycles. The van der Waals surface area contributed by atoms with E-state index in [1.165, 1.54) is 17.7 Å². The molecule has 0 bridgehead atoms. The van der Waals surface area contributed by atoms with Gasteiger partial charge in [0.05, 0.1) is 31.1 Å². The zero-order valence-corrected chi connectivity index (χ0v) is 28.5. The van der Waals surface area contributed by atoms with Gasteiger partial charge in [-0.2, -0.15) is 0 Å². The smallest absolute Gasteiger partial charge is 0.275 e. The van der Waals surface area contributed by atoms with Crippen LogP contribution in [0.1, 0.15) is 25.0 Å². The van der Waals surface area contributed by atoms with Gasteiger partial charge in [0.15, 0.2) is 0 Å². The number of nitrogens with one attached hydrogen (secondary N) is 2. The number of pyridine rings is 2. The fourth-order valence-electron chi connectivity index (χ4n) is 7.52. The van der Waals surface area contributed by atoms with Gasteiger partial charge in [0.2, 0.25) is 11.8 Å². The number of piperazine rings is 1. The van der Waals surface area contributed by atoms with Crippen LogP contribution in [0, 0.1) is 5.82 Å². The number of halogens is 3. The summed E-state index contributed by atoms with van der Waals surface area (Å²) in [5.41, 5.74) is 2.83. The van der Waals surface area contributed by atoms with Crippen molar-refractivity contribution < 1.29 is 27.5 Å². The molecule has 2 amide bonds. The molecule has 268 valence electrons. The highest BCUT2D eigenvalue weighted by Gasteiger charge is 2.48. The number of anilines is 2. The van der Waals surface area contributed by atoms with E-state index in [4.69, 9.17) is 4.74 Å². The molecular weight excluding hydrogens is 663 g/mol. The van der Waals surface area contributed by atoms with E-state index in [0.717, 1.165) is 16.5 Å². The second-order valence-electron chi connectivity index (χ2n) is 13.5. The normalized spacial score (nSPS) is 21.5. The molecule has 3 aliphatic rings. The Labute approximate surface area is 293 Å². The first-order chi connectivity index (χ1) is 24.5. The van der Waals surface area contributed by atoms with Crippen LogP contribution in [0.15, 0.2) is 65.7 Å². The van der Waals surface area contributed by atoms with Gasteiger partial charge in [0, 0.05) is 87.3 Å². The van der Waals surface area contributed by atoms with Gasteiger partial charge in [0.25, 0.3) is 11.5 Å². The van der Waals surface area contributed by atoms with Crippen LogP contribution >= 0.6 is 0 Å². The highest BCUT2D eigenvalue weighted by molar-refractivity contribution is 6.01. The molecule has 14 heteroatoms. The molecule has 2 aromatic heterocycles. The summed E-state index contributed by atoms with van der Waals surface area (Å²) in [4.78, 5) is 46.2. The summed E-state index contributed by atoms with van der Waals surface area (Å²) in [6.07, 6.45) is 4.27. The lowest BCUT2D eigenvalue weighted by Crippen LogP contribution is -2.61. The summed E-state index contributed by atoms with van der Waals surface area (Å²) in [5.74, 6) is -3.72. The largest absolute Gasteiger partial charge is 0.495 e. The number of amides is 2. The quantitative estimate of drug-likeness (QED) is 0.263. The second kappa shape index (κ2) is 14.0. The number of nitrogens with zero attached hydrogens (tertiary/aromatic N) is 5. The fraction of sp³-hybridized carbons (Fsp3) is 0.405. The molecule has 0 radical (unpaired) electrons. The number of likely N-dealkylation sites (tertiary alicyclic amines) is 1. The molecule has 3 fully saturated rings. The van der Waals surface area contributed by atoms with Crippen molar-refractivity contribution in [3.05, 3.63) is 82.8 Å². The molecular formula is C37H40F3N7O4. The zero-order chi connectivity index (χ0) is 35.9. The molecule has 5 heterocycles. The number of hydrogen-bond donors (Lipinski definition) is 2. The van der Waals surface area contributed by atoms with Crippen molar-refractivity contribution >= 4 is 34.0 Å². The van der Waals surface area contributed by atoms with Crippen LogP contribution in [-0.2, 0) is 23.2 Å². The maximum absolute atomic E-state index is 15.8. The monoisotopic (exact) mass is 703 g/mol. The number of carbonyl (C=O) groups is 2. The summed E-state index contributed by atoms with van der Waals surface area (Å²) in [6, 6.07) is 12.3. The van der Waals surface area contributed by atoms with Gasteiger partial charge in [-0.15, -0.1) is 0 Å². The number of imide groups is 1. The van der Waals surface area contributed by atoms with E-state index in [1.807, 2.05) is 34.1 Å². The topological polar surface area (TPSA) is 112 Å². The molecule has 2 atom stereocenters. The predicted molar refractivity (Wildman–Crippen MR) is 188 cm³/mol. The molecule has 51 heavy (non-hydrogen) atoms. The first-order valence-corrected chi connectivity index (χ1v) is 17.1. The van der Waals surface area contributed by atoms with Crippen LogP contribution in [0.3, 0.4) is 0 Å². The summed E-state index contributed by atoms with van der Waals surface area (Å²) >= 11 is 0. The van der Waals surface area contributed by atoms with Crippen molar-refractivity contribution in [2.45, 2.75) is 43.8 Å². The molecule has 0 saturated carbocycles. The number of benzene rings is 2. The maximum Gasteiger partial charge on any atom is 0.275 e. The maximum atomic E-state index is 15.8. The van der Waals surface area contributed by atoms with Crippen LogP contribution < -0.4 is 25.8 Å². The van der Waals surface area contributed by atoms with Crippen molar-refractivity contribution in [1.82, 2.24) is 24.7 Å². The standard InChI is InChI=1S/C37H40F3N7O4/c1-44-20-27(25-5-3-4-6-26(25)36(44)50)23-17-32(51-2)30(41-19-23)21-45-12-11-33(37(39,40)22-45)47-15-13-46(14-16-47)31-9-7-24(18-28(31)38)42-29-8-10-34(48)43-35(29)49/h3-7,9,17-20,29,33,42H,8,10-16,21-22H2,1-2H3,(H,43,48,49). The minimum absolute atomic E-state index is 0.0983. The van der Waals surface area contributed by atoms with E-state index in [0.29, 0.717) is 67.3 Å². The third-order valence-electron chi connectivity index (χ3n) is 10.2. The first kappa shape index (κ1) is 34.5. The van der Waals surface area contributed by atoms with Crippen LogP contribution in [0.2, 0.25) is 0 Å². The van der Waals surface area contributed by atoms with E-state index >= 15 is 13.2 Å². The van der Waals surface area contributed by atoms with Crippen molar-refractivity contribution in [3.63, 3.8) is 0 Å². The first-order valence-electron chi connectivity index (χ1n) is 17.1. The Hall–Kier alpha value is -4.95. The van der Waals surface area contributed by atoms with Crippen molar-refractivity contribution in [2.24, 2.45) is 7.05 Å². The van der Waals surface area contributed by atoms with Crippen molar-refractivity contribution in [3.8, 4) is 16.9 Å². The summed E-state index contributed by atoms with van der Waals surface area (Å²) in [7, 11) is 3.23. The van der Waals surface area contributed by atoms with Gasteiger partial charge in [-0.3, -0.25) is 34.5 Å². The van der Waals surface area contributed by atoms with Crippen LogP contribution in [0.4, 0.5) is 24.5 Å². The fourth-order valence-corrected chi connectivity index (χ4v) is 7.52. The van der Waals surface area contributed by atoms with E-state index in [-0.39, 0.29) is 30.9 Å². The Bertz CT molecular complexity index is 2030. The molecule has 2 unspecified atom stereocenters. The molecule has 2 N–H and O–H groups in total. The summed E-state index contributed by atoms with van der Waals surface area (Å²) in [6.45, 7) is 1.75. The van der Waals surface area contributed by atoms with Crippen LogP contribution in [0.5, 0.6) is 5.75 Å². The van der Waals surface area contributed by atoms with Gasteiger partial charge in [-0.1, -0.05) is 18.2 Å². The lowest BCUT2D eigenvalue weighted by Gasteiger charge is -2.46. The van der Waals surface area contributed by atoms with Crippen molar-refractivity contribution in [2.75, 3.05) is 56.6 Å². The zero-order valence-electron chi connectivity index (χ0n) is 28.5. The second-order valence-corrected chi connectivity index (χ2v) is 13.5. The number of alkyl halides is 2. The van der Waals surface area contributed by atoms with Gasteiger partial charge in [0.1, 0.15) is 17.6 Å². The average molecular weight is 704 g/mol. The number of methoxy groups -OCH3 is 1. The lowest BCUT2D eigenvalue weighted by molar-refractivity contribution is -0.133. The van der Waals surface area contributed by atoms with E-state index < -0.39 is 36.3 Å². The highest BCUT2D eigenvalue weighted by Crippen LogP contribution is 2.35. The Kier molecular flexibility index (Phi) is 9.46.